The van der Waals surface area contributed by atoms with Crippen LogP contribution >= 0.6 is 0 Å². The third-order valence-corrected chi connectivity index (χ3v) is 14.6. The smallest absolute Gasteiger partial charge is 0.0713 e. The Labute approximate surface area is 409 Å². The van der Waals surface area contributed by atoms with E-state index in [0.29, 0.717) is 0 Å². The van der Waals surface area contributed by atoms with E-state index in [1.165, 1.54) is 93.9 Å². The highest BCUT2D eigenvalue weighted by molar-refractivity contribution is 6.09. The van der Waals surface area contributed by atoms with Crippen molar-refractivity contribution in [2.24, 2.45) is 0 Å². The SMILES string of the molecule is c1ccc(-c2cccc3cccc(-c4ccccc4N(c4ccc(-c5ccc6c(c5)C(c5ccccc5)(c5ccccc5)c5ccccc5-6)cc4)c4ccc(-c5ccc6ccccc6c5)cc4)c23)cc1. The summed E-state index contributed by atoms with van der Waals surface area (Å²) in [4.78, 5) is 2.43. The van der Waals surface area contributed by atoms with Crippen molar-refractivity contribution >= 4 is 38.6 Å². The van der Waals surface area contributed by atoms with E-state index >= 15 is 0 Å². The van der Waals surface area contributed by atoms with Crippen LogP contribution in [0.4, 0.5) is 17.1 Å². The number of nitrogens with zero attached hydrogens (tertiary/aromatic N) is 1. The Morgan fingerprint density at radius 2 is 0.714 bits per heavy atom. The minimum Gasteiger partial charge on any atom is -0.310 e. The fourth-order valence-corrected chi connectivity index (χ4v) is 11.3. The van der Waals surface area contributed by atoms with Crippen LogP contribution in [0.25, 0.3) is 77.2 Å². The Kier molecular flexibility index (Phi) is 10.1. The quantitative estimate of drug-likeness (QED) is 0.140. The van der Waals surface area contributed by atoms with Gasteiger partial charge in [0.2, 0.25) is 0 Å². The van der Waals surface area contributed by atoms with Gasteiger partial charge < -0.3 is 4.90 Å². The summed E-state index contributed by atoms with van der Waals surface area (Å²) in [5, 5.41) is 4.94. The molecule has 0 saturated heterocycles. The van der Waals surface area contributed by atoms with Crippen molar-refractivity contribution in [3.63, 3.8) is 0 Å². The lowest BCUT2D eigenvalue weighted by Crippen LogP contribution is -2.28. The van der Waals surface area contributed by atoms with Crippen molar-refractivity contribution in [2.45, 2.75) is 5.41 Å². The molecule has 1 heteroatoms. The Morgan fingerprint density at radius 3 is 1.39 bits per heavy atom. The molecule has 0 spiro atoms. The van der Waals surface area contributed by atoms with Gasteiger partial charge in [-0.25, -0.2) is 0 Å². The van der Waals surface area contributed by atoms with Gasteiger partial charge in [0.15, 0.2) is 0 Å². The van der Waals surface area contributed by atoms with Gasteiger partial charge in [-0.05, 0) is 136 Å². The van der Waals surface area contributed by atoms with E-state index in [1.54, 1.807) is 0 Å². The maximum Gasteiger partial charge on any atom is 0.0713 e. The van der Waals surface area contributed by atoms with E-state index in [1.807, 2.05) is 0 Å². The molecule has 1 aliphatic rings. The molecule has 0 amide bonds. The molecule has 12 aromatic carbocycles. The first kappa shape index (κ1) is 41.2. The van der Waals surface area contributed by atoms with E-state index in [9.17, 15) is 0 Å². The van der Waals surface area contributed by atoms with Gasteiger partial charge in [-0.15, -0.1) is 0 Å². The number of benzene rings is 12. The molecule has 1 nitrogen and oxygen atoms in total. The van der Waals surface area contributed by atoms with Crippen LogP contribution in [-0.2, 0) is 5.41 Å². The first-order valence-electron chi connectivity index (χ1n) is 24.2. The van der Waals surface area contributed by atoms with E-state index < -0.39 is 5.41 Å². The molecule has 0 bridgehead atoms. The highest BCUT2D eigenvalue weighted by Gasteiger charge is 2.46. The zero-order chi connectivity index (χ0) is 46.4. The monoisotopic (exact) mass is 889 g/mol. The van der Waals surface area contributed by atoms with E-state index in [0.717, 1.165) is 22.6 Å². The third-order valence-electron chi connectivity index (χ3n) is 14.6. The summed E-state index contributed by atoms with van der Waals surface area (Å²) in [6, 6.07) is 105. The van der Waals surface area contributed by atoms with Gasteiger partial charge in [0, 0.05) is 16.9 Å². The molecule has 13 rings (SSSR count). The van der Waals surface area contributed by atoms with Crippen LogP contribution in [0.2, 0.25) is 0 Å². The fraction of sp³-hybridized carbons (Fsp3) is 0.0145. The van der Waals surface area contributed by atoms with Crippen molar-refractivity contribution in [1.29, 1.82) is 0 Å². The molecule has 0 heterocycles. The largest absolute Gasteiger partial charge is 0.310 e. The average molecular weight is 890 g/mol. The van der Waals surface area contributed by atoms with Crippen LogP contribution in [0.15, 0.2) is 285 Å². The van der Waals surface area contributed by atoms with Crippen LogP contribution < -0.4 is 4.90 Å². The third kappa shape index (κ3) is 6.86. The predicted octanol–water partition coefficient (Wildman–Crippen LogP) is 18.5. The van der Waals surface area contributed by atoms with Crippen LogP contribution in [0.3, 0.4) is 0 Å². The molecule has 70 heavy (non-hydrogen) atoms. The maximum absolute atomic E-state index is 2.45. The van der Waals surface area contributed by atoms with Crippen molar-refractivity contribution in [3.05, 3.63) is 307 Å². The predicted molar refractivity (Wildman–Crippen MR) is 295 cm³/mol. The summed E-state index contributed by atoms with van der Waals surface area (Å²) in [6.45, 7) is 0. The Morgan fingerprint density at radius 1 is 0.243 bits per heavy atom. The van der Waals surface area contributed by atoms with Gasteiger partial charge in [0.05, 0.1) is 11.1 Å². The Hall–Kier alpha value is -9.04. The molecule has 0 radical (unpaired) electrons. The van der Waals surface area contributed by atoms with E-state index in [4.69, 9.17) is 0 Å². The second-order valence-electron chi connectivity index (χ2n) is 18.4. The summed E-state index contributed by atoms with van der Waals surface area (Å²) in [5.74, 6) is 0. The topological polar surface area (TPSA) is 3.24 Å². The van der Waals surface area contributed by atoms with Crippen molar-refractivity contribution in [2.75, 3.05) is 4.90 Å². The summed E-state index contributed by atoms with van der Waals surface area (Å²) in [7, 11) is 0. The van der Waals surface area contributed by atoms with E-state index in [2.05, 4.69) is 290 Å². The molecule has 12 aromatic rings. The minimum absolute atomic E-state index is 0.466. The molecule has 0 atom stereocenters. The lowest BCUT2D eigenvalue weighted by Gasteiger charge is -2.34. The van der Waals surface area contributed by atoms with Crippen LogP contribution in [0.1, 0.15) is 22.3 Å². The number of anilines is 3. The molecule has 0 N–H and O–H groups in total. The molecule has 1 aliphatic carbocycles. The summed E-state index contributed by atoms with van der Waals surface area (Å²) in [6.07, 6.45) is 0. The average Bonchev–Trinajstić information content (AvgIpc) is 3.74. The van der Waals surface area contributed by atoms with Gasteiger partial charge in [-0.1, -0.05) is 243 Å². The van der Waals surface area contributed by atoms with Crippen molar-refractivity contribution in [3.8, 4) is 55.6 Å². The lowest BCUT2D eigenvalue weighted by atomic mass is 9.67. The highest BCUT2D eigenvalue weighted by atomic mass is 15.1. The zero-order valence-corrected chi connectivity index (χ0v) is 38.6. The molecule has 0 aliphatic heterocycles. The standard InChI is InChI=1S/C69H47N/c1-4-19-51(20-5-1)60-30-16-22-52-23-17-31-64(68(52)60)63-29-13-15-33-67(63)70(58-41-36-49(37-42-58)54-35-34-48-18-10-11-21-53(48)46-54)59-43-38-50(39-44-59)55-40-45-62-61-28-12-14-32-65(61)69(66(62)47-55,56-24-6-2-7-25-56)57-26-8-3-9-27-57/h1-47H. The number of hydrogen-bond acceptors (Lipinski definition) is 1. The molecule has 0 unspecified atom stereocenters. The molecule has 0 fully saturated rings. The Balaban J connectivity index is 0.961. The van der Waals surface area contributed by atoms with Gasteiger partial charge in [-0.3, -0.25) is 0 Å². The molecular weight excluding hydrogens is 843 g/mol. The fourth-order valence-electron chi connectivity index (χ4n) is 11.3. The van der Waals surface area contributed by atoms with Crippen molar-refractivity contribution in [1.82, 2.24) is 0 Å². The van der Waals surface area contributed by atoms with Crippen molar-refractivity contribution < 1.29 is 0 Å². The summed E-state index contributed by atoms with van der Waals surface area (Å²) >= 11 is 0. The van der Waals surface area contributed by atoms with E-state index in [-0.39, 0.29) is 0 Å². The first-order chi connectivity index (χ1) is 34.7. The number of fused-ring (bicyclic) bond motifs is 5. The van der Waals surface area contributed by atoms with Gasteiger partial charge in [0.1, 0.15) is 0 Å². The second-order valence-corrected chi connectivity index (χ2v) is 18.4. The normalized spacial score (nSPS) is 12.4. The molecule has 0 aromatic heterocycles. The van der Waals surface area contributed by atoms with Crippen LogP contribution in [-0.4, -0.2) is 0 Å². The minimum atomic E-state index is -0.466. The second kappa shape index (κ2) is 17.2. The van der Waals surface area contributed by atoms with Gasteiger partial charge >= 0.3 is 0 Å². The maximum atomic E-state index is 2.45. The molecule has 328 valence electrons. The number of rotatable bonds is 9. The number of para-hydroxylation sites is 1. The first-order valence-corrected chi connectivity index (χ1v) is 24.2. The summed E-state index contributed by atoms with van der Waals surface area (Å²) in [5.41, 5.74) is 20.0. The zero-order valence-electron chi connectivity index (χ0n) is 38.6. The summed E-state index contributed by atoms with van der Waals surface area (Å²) < 4.78 is 0. The molecular formula is C69H47N. The van der Waals surface area contributed by atoms with Crippen LogP contribution in [0, 0.1) is 0 Å². The Bertz CT molecular complexity index is 3810. The lowest BCUT2D eigenvalue weighted by molar-refractivity contribution is 0.769. The van der Waals surface area contributed by atoms with Gasteiger partial charge in [0.25, 0.3) is 0 Å². The number of hydrogen-bond donors (Lipinski definition) is 0. The van der Waals surface area contributed by atoms with Crippen LogP contribution in [0.5, 0.6) is 0 Å². The highest BCUT2D eigenvalue weighted by Crippen LogP contribution is 2.57. The van der Waals surface area contributed by atoms with Gasteiger partial charge in [-0.2, -0.15) is 0 Å². The molecule has 0 saturated carbocycles.